The number of halogens is 2. The average Bonchev–Trinajstić information content (AvgIpc) is 2.38. The van der Waals surface area contributed by atoms with Crippen molar-refractivity contribution in [2.24, 2.45) is 5.92 Å². The molecule has 0 aliphatic heterocycles. The van der Waals surface area contributed by atoms with Crippen molar-refractivity contribution in [3.05, 3.63) is 34.1 Å². The first-order chi connectivity index (χ1) is 9.10. The Hall–Kier alpha value is -0.450. The quantitative estimate of drug-likeness (QED) is 0.766. The van der Waals surface area contributed by atoms with Gasteiger partial charge < -0.3 is 10.1 Å². The molecule has 0 amide bonds. The minimum absolute atomic E-state index is 0.0302. The molecule has 0 aliphatic carbocycles. The Morgan fingerprint density at radius 2 is 2.16 bits per heavy atom. The lowest BCUT2D eigenvalue weighted by molar-refractivity contribution is 0.149. The number of ether oxygens (including phenoxy) is 1. The van der Waals surface area contributed by atoms with E-state index >= 15 is 0 Å². The van der Waals surface area contributed by atoms with Crippen LogP contribution in [0.4, 0.5) is 4.39 Å². The molecule has 19 heavy (non-hydrogen) atoms. The normalized spacial score (nSPS) is 14.4. The van der Waals surface area contributed by atoms with Gasteiger partial charge in [-0.05, 0) is 47.3 Å². The summed E-state index contributed by atoms with van der Waals surface area (Å²) in [5.41, 5.74) is 0.728. The van der Waals surface area contributed by atoms with Crippen LogP contribution in [0.15, 0.2) is 22.7 Å². The van der Waals surface area contributed by atoms with Crippen molar-refractivity contribution in [1.29, 1.82) is 0 Å². The van der Waals surface area contributed by atoms with Gasteiger partial charge in [-0.3, -0.25) is 0 Å². The predicted molar refractivity (Wildman–Crippen MR) is 80.8 cm³/mol. The van der Waals surface area contributed by atoms with E-state index in [2.05, 4.69) is 35.1 Å². The fraction of sp³-hybridized carbons (Fsp3) is 0.600. The minimum atomic E-state index is -0.166. The maximum absolute atomic E-state index is 14.2. The molecule has 1 N–H and O–H groups in total. The number of methoxy groups -OCH3 is 1. The first kappa shape index (κ1) is 16.6. The van der Waals surface area contributed by atoms with Gasteiger partial charge in [0.1, 0.15) is 5.82 Å². The molecule has 1 rings (SSSR count). The summed E-state index contributed by atoms with van der Waals surface area (Å²) in [6, 6.07) is 5.49. The van der Waals surface area contributed by atoms with Crippen molar-refractivity contribution in [3.63, 3.8) is 0 Å². The van der Waals surface area contributed by atoms with Crippen molar-refractivity contribution < 1.29 is 9.13 Å². The van der Waals surface area contributed by atoms with Crippen LogP contribution in [0.5, 0.6) is 0 Å². The van der Waals surface area contributed by atoms with Crippen molar-refractivity contribution >= 4 is 15.9 Å². The number of hydrogen-bond acceptors (Lipinski definition) is 2. The molecule has 1 aromatic carbocycles. The van der Waals surface area contributed by atoms with Gasteiger partial charge in [-0.1, -0.05) is 26.0 Å². The lowest BCUT2D eigenvalue weighted by Crippen LogP contribution is -2.26. The van der Waals surface area contributed by atoms with Crippen LogP contribution < -0.4 is 5.32 Å². The summed E-state index contributed by atoms with van der Waals surface area (Å²) >= 11 is 3.25. The minimum Gasteiger partial charge on any atom is -0.384 e. The van der Waals surface area contributed by atoms with E-state index in [0.29, 0.717) is 17.0 Å². The van der Waals surface area contributed by atoms with E-state index in [1.54, 1.807) is 13.2 Å². The second-order valence-electron chi connectivity index (χ2n) is 4.95. The number of benzene rings is 1. The molecule has 0 aliphatic rings. The molecule has 4 heteroatoms. The molecule has 2 nitrogen and oxygen atoms in total. The van der Waals surface area contributed by atoms with Gasteiger partial charge >= 0.3 is 0 Å². The fourth-order valence-electron chi connectivity index (χ4n) is 2.18. The third-order valence-electron chi connectivity index (χ3n) is 3.09. The molecule has 0 heterocycles. The summed E-state index contributed by atoms with van der Waals surface area (Å²) in [6.07, 6.45) is 1.89. The van der Waals surface area contributed by atoms with Gasteiger partial charge in [-0.15, -0.1) is 0 Å². The standard InChI is InChI=1S/C15H23BrFNO/c1-4-8-18-14(9-11(2)10-19-3)12-6-5-7-13(16)15(12)17/h5-7,11,14,18H,4,8-10H2,1-3H3. The van der Waals surface area contributed by atoms with Crippen LogP contribution in [0.3, 0.4) is 0 Å². The third-order valence-corrected chi connectivity index (χ3v) is 3.70. The molecule has 2 unspecified atom stereocenters. The molecule has 1 aromatic rings. The molecule has 0 radical (unpaired) electrons. The summed E-state index contributed by atoms with van der Waals surface area (Å²) in [5.74, 6) is 0.221. The zero-order valence-corrected chi connectivity index (χ0v) is 13.5. The second-order valence-corrected chi connectivity index (χ2v) is 5.80. The highest BCUT2D eigenvalue weighted by Gasteiger charge is 2.19. The Bertz CT molecular complexity index is 386. The third kappa shape index (κ3) is 5.21. The maximum Gasteiger partial charge on any atom is 0.142 e. The number of hydrogen-bond donors (Lipinski definition) is 1. The van der Waals surface area contributed by atoms with Gasteiger partial charge in [0, 0.05) is 25.3 Å². The van der Waals surface area contributed by atoms with Crippen molar-refractivity contribution in [3.8, 4) is 0 Å². The molecule has 0 aromatic heterocycles. The Balaban J connectivity index is 2.85. The summed E-state index contributed by atoms with van der Waals surface area (Å²) in [7, 11) is 1.70. The van der Waals surface area contributed by atoms with Crippen LogP contribution >= 0.6 is 15.9 Å². The van der Waals surface area contributed by atoms with Gasteiger partial charge in [-0.2, -0.15) is 0 Å². The Morgan fingerprint density at radius 3 is 2.79 bits per heavy atom. The SMILES string of the molecule is CCCNC(CC(C)COC)c1cccc(Br)c1F. The fourth-order valence-corrected chi connectivity index (χ4v) is 2.56. The molecular formula is C15H23BrFNO. The lowest BCUT2D eigenvalue weighted by Gasteiger charge is -2.23. The van der Waals surface area contributed by atoms with Crippen LogP contribution in [0.2, 0.25) is 0 Å². The zero-order valence-electron chi connectivity index (χ0n) is 11.9. The van der Waals surface area contributed by atoms with E-state index in [9.17, 15) is 4.39 Å². The topological polar surface area (TPSA) is 21.3 Å². The van der Waals surface area contributed by atoms with Crippen LogP contribution in [-0.4, -0.2) is 20.3 Å². The van der Waals surface area contributed by atoms with E-state index in [-0.39, 0.29) is 11.9 Å². The second kappa shape index (κ2) is 8.67. The molecule has 0 saturated heterocycles. The van der Waals surface area contributed by atoms with Gasteiger partial charge in [0.05, 0.1) is 4.47 Å². The highest BCUT2D eigenvalue weighted by atomic mass is 79.9. The Morgan fingerprint density at radius 1 is 1.42 bits per heavy atom. The van der Waals surface area contributed by atoms with Gasteiger partial charge in [0.2, 0.25) is 0 Å². The predicted octanol–water partition coefficient (Wildman–Crippen LogP) is 4.30. The lowest BCUT2D eigenvalue weighted by atomic mass is 9.95. The summed E-state index contributed by atoms with van der Waals surface area (Å²) < 4.78 is 19.9. The molecule has 2 atom stereocenters. The van der Waals surface area contributed by atoms with E-state index in [4.69, 9.17) is 4.74 Å². The maximum atomic E-state index is 14.2. The first-order valence-electron chi connectivity index (χ1n) is 6.76. The summed E-state index contributed by atoms with van der Waals surface area (Å²) in [5, 5.41) is 3.43. The average molecular weight is 332 g/mol. The number of rotatable bonds is 8. The highest BCUT2D eigenvalue weighted by molar-refractivity contribution is 9.10. The van der Waals surface area contributed by atoms with Gasteiger partial charge in [-0.25, -0.2) is 4.39 Å². The monoisotopic (exact) mass is 331 g/mol. The first-order valence-corrected chi connectivity index (χ1v) is 7.55. The van der Waals surface area contributed by atoms with Gasteiger partial charge in [0.25, 0.3) is 0 Å². The number of nitrogens with one attached hydrogen (secondary N) is 1. The molecule has 108 valence electrons. The zero-order chi connectivity index (χ0) is 14.3. The van der Waals surface area contributed by atoms with Crippen LogP contribution in [-0.2, 0) is 4.74 Å². The summed E-state index contributed by atoms with van der Waals surface area (Å²) in [4.78, 5) is 0. The molecule has 0 bridgehead atoms. The van der Waals surface area contributed by atoms with Gasteiger partial charge in [0.15, 0.2) is 0 Å². The van der Waals surface area contributed by atoms with Crippen LogP contribution in [0, 0.1) is 11.7 Å². The smallest absolute Gasteiger partial charge is 0.142 e. The molecule has 0 fully saturated rings. The van der Waals surface area contributed by atoms with Crippen molar-refractivity contribution in [1.82, 2.24) is 5.32 Å². The molecular weight excluding hydrogens is 309 g/mol. The van der Waals surface area contributed by atoms with E-state index in [1.165, 1.54) is 0 Å². The van der Waals surface area contributed by atoms with Crippen LogP contribution in [0.1, 0.15) is 38.3 Å². The summed E-state index contributed by atoms with van der Waals surface area (Å²) in [6.45, 7) is 5.82. The largest absolute Gasteiger partial charge is 0.384 e. The van der Waals surface area contributed by atoms with E-state index in [1.807, 2.05) is 12.1 Å². The molecule has 0 spiro atoms. The Kier molecular flexibility index (Phi) is 7.57. The highest BCUT2D eigenvalue weighted by Crippen LogP contribution is 2.28. The molecule has 0 saturated carbocycles. The van der Waals surface area contributed by atoms with Crippen molar-refractivity contribution in [2.75, 3.05) is 20.3 Å². The van der Waals surface area contributed by atoms with E-state index in [0.717, 1.165) is 24.9 Å². The van der Waals surface area contributed by atoms with E-state index < -0.39 is 0 Å². The Labute approximate surface area is 123 Å². The van der Waals surface area contributed by atoms with Crippen molar-refractivity contribution in [2.45, 2.75) is 32.7 Å². The van der Waals surface area contributed by atoms with Crippen LogP contribution in [0.25, 0.3) is 0 Å².